The van der Waals surface area contributed by atoms with Crippen LogP contribution in [0.2, 0.25) is 0 Å². The van der Waals surface area contributed by atoms with Gasteiger partial charge in [0.2, 0.25) is 5.82 Å². The van der Waals surface area contributed by atoms with Crippen molar-refractivity contribution in [2.75, 3.05) is 25.5 Å². The molecule has 20 heavy (non-hydrogen) atoms. The lowest BCUT2D eigenvalue weighted by atomic mass is 10.2. The van der Waals surface area contributed by atoms with Crippen LogP contribution < -0.4 is 10.6 Å². The lowest BCUT2D eigenvalue weighted by Crippen LogP contribution is -2.34. The van der Waals surface area contributed by atoms with E-state index in [1.807, 2.05) is 6.92 Å². The van der Waals surface area contributed by atoms with Crippen molar-refractivity contribution in [1.82, 2.24) is 15.1 Å². The normalized spacial score (nSPS) is 22.1. The Morgan fingerprint density at radius 2 is 2.35 bits per heavy atom. The highest BCUT2D eigenvalue weighted by molar-refractivity contribution is 5.60. The number of hydrogen-bond acceptors (Lipinski definition) is 6. The molecule has 0 saturated carbocycles. The molecule has 2 heterocycles. The maximum atomic E-state index is 11.3. The van der Waals surface area contributed by atoms with Crippen molar-refractivity contribution < 1.29 is 9.66 Å². The lowest BCUT2D eigenvalue weighted by molar-refractivity contribution is -0.384. The third kappa shape index (κ3) is 2.75. The molecule has 0 amide bonds. The van der Waals surface area contributed by atoms with E-state index in [0.717, 1.165) is 13.0 Å². The largest absolute Gasteiger partial charge is 0.378 e. The molecule has 8 heteroatoms. The van der Waals surface area contributed by atoms with Gasteiger partial charge < -0.3 is 15.4 Å². The summed E-state index contributed by atoms with van der Waals surface area (Å²) in [6.45, 7) is 3.43. The standard InChI is InChI=1S/C12H21N5O3/c1-4-5-8-11(17(18)19)12(16(2)15-8)14-9-6-13-7-10(9)20-3/h9-10,13-14H,4-7H2,1-3H3/t9?,10-/m0/s1. The smallest absolute Gasteiger partial charge is 0.334 e. The second-order valence-electron chi connectivity index (χ2n) is 4.96. The van der Waals surface area contributed by atoms with E-state index in [2.05, 4.69) is 15.7 Å². The van der Waals surface area contributed by atoms with Gasteiger partial charge in [-0.05, 0) is 6.42 Å². The molecule has 1 aliphatic heterocycles. The first kappa shape index (κ1) is 14.7. The Kier molecular flexibility index (Phi) is 4.56. The number of nitro groups is 1. The summed E-state index contributed by atoms with van der Waals surface area (Å²) in [5.41, 5.74) is 0.610. The number of methoxy groups -OCH3 is 1. The van der Waals surface area contributed by atoms with Gasteiger partial charge in [-0.15, -0.1) is 0 Å². The van der Waals surface area contributed by atoms with Gasteiger partial charge in [0, 0.05) is 27.2 Å². The molecule has 0 aromatic carbocycles. The van der Waals surface area contributed by atoms with Crippen molar-refractivity contribution in [3.63, 3.8) is 0 Å². The first-order chi connectivity index (χ1) is 9.58. The number of anilines is 1. The first-order valence-electron chi connectivity index (χ1n) is 6.78. The lowest BCUT2D eigenvalue weighted by Gasteiger charge is -2.19. The summed E-state index contributed by atoms with van der Waals surface area (Å²) >= 11 is 0. The van der Waals surface area contributed by atoms with E-state index in [1.165, 1.54) is 0 Å². The van der Waals surface area contributed by atoms with E-state index in [9.17, 15) is 10.1 Å². The highest BCUT2D eigenvalue weighted by Crippen LogP contribution is 2.30. The molecule has 1 fully saturated rings. The van der Waals surface area contributed by atoms with Crippen molar-refractivity contribution in [3.05, 3.63) is 15.8 Å². The summed E-state index contributed by atoms with van der Waals surface area (Å²) in [4.78, 5) is 11.0. The second-order valence-corrected chi connectivity index (χ2v) is 4.96. The van der Waals surface area contributed by atoms with Crippen LogP contribution in [-0.2, 0) is 18.2 Å². The minimum atomic E-state index is -0.357. The van der Waals surface area contributed by atoms with Gasteiger partial charge in [0.1, 0.15) is 5.69 Å². The van der Waals surface area contributed by atoms with Crippen molar-refractivity contribution in [3.8, 4) is 0 Å². The molecule has 0 aliphatic carbocycles. The van der Waals surface area contributed by atoms with Gasteiger partial charge in [0.15, 0.2) is 0 Å². The number of hydrogen-bond donors (Lipinski definition) is 2. The Hall–Kier alpha value is -1.67. The number of rotatable bonds is 6. The van der Waals surface area contributed by atoms with Gasteiger partial charge in [0.05, 0.1) is 17.1 Å². The van der Waals surface area contributed by atoms with E-state index in [4.69, 9.17) is 4.74 Å². The van der Waals surface area contributed by atoms with E-state index in [-0.39, 0.29) is 22.8 Å². The van der Waals surface area contributed by atoms with Gasteiger partial charge in [-0.1, -0.05) is 13.3 Å². The fourth-order valence-electron chi connectivity index (χ4n) is 2.55. The molecule has 112 valence electrons. The molecular weight excluding hydrogens is 262 g/mol. The number of nitrogens with one attached hydrogen (secondary N) is 2. The van der Waals surface area contributed by atoms with Crippen LogP contribution in [0.15, 0.2) is 0 Å². The van der Waals surface area contributed by atoms with Crippen molar-refractivity contribution >= 4 is 11.5 Å². The monoisotopic (exact) mass is 283 g/mol. The fraction of sp³-hybridized carbons (Fsp3) is 0.750. The fourth-order valence-corrected chi connectivity index (χ4v) is 2.55. The summed E-state index contributed by atoms with van der Waals surface area (Å²) in [5, 5.41) is 22.0. The number of ether oxygens (including phenoxy) is 1. The molecular formula is C12H21N5O3. The van der Waals surface area contributed by atoms with Gasteiger partial charge in [-0.3, -0.25) is 10.1 Å². The van der Waals surface area contributed by atoms with Crippen molar-refractivity contribution in [2.45, 2.75) is 31.9 Å². The quantitative estimate of drug-likeness (QED) is 0.589. The third-order valence-corrected chi connectivity index (χ3v) is 3.54. The zero-order valence-electron chi connectivity index (χ0n) is 12.0. The summed E-state index contributed by atoms with van der Waals surface area (Å²) in [6, 6.07) is 0.00331. The van der Waals surface area contributed by atoms with Crippen molar-refractivity contribution in [1.29, 1.82) is 0 Å². The highest BCUT2D eigenvalue weighted by Gasteiger charge is 2.32. The van der Waals surface area contributed by atoms with Crippen LogP contribution in [0.3, 0.4) is 0 Å². The molecule has 2 N–H and O–H groups in total. The predicted molar refractivity (Wildman–Crippen MR) is 74.9 cm³/mol. The SMILES string of the molecule is CCCc1nn(C)c(NC2CNC[C@@H]2OC)c1[N+](=O)[O-]. The van der Waals surface area contributed by atoms with Crippen LogP contribution in [-0.4, -0.2) is 47.0 Å². The Balaban J connectivity index is 2.28. The zero-order chi connectivity index (χ0) is 14.7. The van der Waals surface area contributed by atoms with Crippen LogP contribution >= 0.6 is 0 Å². The molecule has 0 spiro atoms. The Bertz CT molecular complexity index is 488. The predicted octanol–water partition coefficient (Wildman–Crippen LogP) is 0.680. The van der Waals surface area contributed by atoms with Gasteiger partial charge in [-0.25, -0.2) is 4.68 Å². The summed E-state index contributed by atoms with van der Waals surface area (Å²) in [7, 11) is 3.37. The molecule has 1 aromatic heterocycles. The average molecular weight is 283 g/mol. The average Bonchev–Trinajstić information content (AvgIpc) is 2.96. The summed E-state index contributed by atoms with van der Waals surface area (Å²) in [5.74, 6) is 0.453. The second kappa shape index (κ2) is 6.19. The van der Waals surface area contributed by atoms with Crippen LogP contribution in [0, 0.1) is 10.1 Å². The molecule has 1 saturated heterocycles. The molecule has 1 aliphatic rings. The maximum Gasteiger partial charge on any atom is 0.334 e. The molecule has 0 bridgehead atoms. The Morgan fingerprint density at radius 3 is 2.95 bits per heavy atom. The van der Waals surface area contributed by atoms with Gasteiger partial charge in [-0.2, -0.15) is 5.10 Å². The van der Waals surface area contributed by atoms with Crippen LogP contribution in [0.5, 0.6) is 0 Å². The number of nitrogens with zero attached hydrogens (tertiary/aromatic N) is 3. The zero-order valence-corrected chi connectivity index (χ0v) is 12.0. The number of aromatic nitrogens is 2. The summed E-state index contributed by atoms with van der Waals surface area (Å²) < 4.78 is 6.92. The molecule has 1 aromatic rings. The van der Waals surface area contributed by atoms with E-state index in [0.29, 0.717) is 24.5 Å². The number of aryl methyl sites for hydroxylation is 2. The van der Waals surface area contributed by atoms with E-state index < -0.39 is 0 Å². The molecule has 2 rings (SSSR count). The Morgan fingerprint density at radius 1 is 1.60 bits per heavy atom. The van der Waals surface area contributed by atoms with Crippen LogP contribution in [0.25, 0.3) is 0 Å². The van der Waals surface area contributed by atoms with E-state index in [1.54, 1.807) is 18.8 Å². The maximum absolute atomic E-state index is 11.3. The first-order valence-corrected chi connectivity index (χ1v) is 6.78. The third-order valence-electron chi connectivity index (χ3n) is 3.54. The minimum Gasteiger partial charge on any atom is -0.378 e. The molecule has 2 atom stereocenters. The van der Waals surface area contributed by atoms with Gasteiger partial charge >= 0.3 is 5.69 Å². The van der Waals surface area contributed by atoms with E-state index >= 15 is 0 Å². The summed E-state index contributed by atoms with van der Waals surface area (Å²) in [6.07, 6.45) is 1.42. The Labute approximate surface area is 117 Å². The topological polar surface area (TPSA) is 94.2 Å². The molecule has 8 nitrogen and oxygen atoms in total. The van der Waals surface area contributed by atoms with Crippen molar-refractivity contribution in [2.24, 2.45) is 7.05 Å². The van der Waals surface area contributed by atoms with Crippen LogP contribution in [0.1, 0.15) is 19.0 Å². The highest BCUT2D eigenvalue weighted by atomic mass is 16.6. The molecule has 1 unspecified atom stereocenters. The van der Waals surface area contributed by atoms with Gasteiger partial charge in [0.25, 0.3) is 0 Å². The minimum absolute atomic E-state index is 0.000806. The van der Waals surface area contributed by atoms with Crippen LogP contribution in [0.4, 0.5) is 11.5 Å². The molecule has 0 radical (unpaired) electrons.